The van der Waals surface area contributed by atoms with Crippen LogP contribution < -0.4 is 69.7 Å². The molecule has 0 amide bonds. The number of rotatable bonds is 10. The number of benzene rings is 4. The molecule has 0 aliphatic heterocycles. The Morgan fingerprint density at radius 3 is 1.20 bits per heavy atom. The molecule has 0 saturated carbocycles. The van der Waals surface area contributed by atoms with Crippen LogP contribution in [-0.2, 0) is 45.9 Å². The molecule has 0 fully saturated rings. The summed E-state index contributed by atoms with van der Waals surface area (Å²) in [4.78, 5) is 27.8. The van der Waals surface area contributed by atoms with Crippen molar-refractivity contribution in [3.63, 3.8) is 0 Å². The van der Waals surface area contributed by atoms with Gasteiger partial charge in [0.05, 0.1) is 32.3 Å². The fourth-order valence-corrected chi connectivity index (χ4v) is 8.83. The van der Waals surface area contributed by atoms with Gasteiger partial charge in [0, 0.05) is 22.5 Å². The molecule has 0 aromatic heterocycles. The fourth-order valence-electron chi connectivity index (χ4n) is 6.83. The van der Waals surface area contributed by atoms with Crippen LogP contribution in [0.15, 0.2) is 58.3 Å². The molecule has 14 heteroatoms. The normalized spacial score (nSPS) is 12.4. The molecule has 50 heavy (non-hydrogen) atoms. The van der Waals surface area contributed by atoms with Crippen molar-refractivity contribution in [2.75, 3.05) is 10.6 Å². The van der Waals surface area contributed by atoms with Crippen molar-refractivity contribution >= 4 is 54.6 Å². The molecule has 0 bridgehead atoms. The molecule has 1 aliphatic rings. The molecule has 0 atom stereocenters. The summed E-state index contributed by atoms with van der Waals surface area (Å²) in [6.07, 6.45) is 1.35. The van der Waals surface area contributed by atoms with Crippen molar-refractivity contribution in [1.82, 2.24) is 0 Å². The molecule has 4 aromatic carbocycles. The van der Waals surface area contributed by atoms with E-state index in [-0.39, 0.29) is 127 Å². The quantitative estimate of drug-likeness (QED) is 0.153. The van der Waals surface area contributed by atoms with Gasteiger partial charge in [-0.15, -0.1) is 0 Å². The van der Waals surface area contributed by atoms with E-state index < -0.39 is 31.8 Å². The fraction of sp³-hybridized carbons (Fsp3) is 0.278. The van der Waals surface area contributed by atoms with Crippen LogP contribution in [-0.4, -0.2) is 37.5 Å². The number of hydrogen-bond donors (Lipinski definition) is 2. The molecule has 0 unspecified atom stereocenters. The Labute approximate surface area is 337 Å². The summed E-state index contributed by atoms with van der Waals surface area (Å²) in [6.45, 7) is 10.4. The molecule has 5 rings (SSSR count). The molecule has 1 aliphatic carbocycles. The van der Waals surface area contributed by atoms with Crippen molar-refractivity contribution in [3.8, 4) is 0 Å². The first kappa shape index (κ1) is 42.1. The van der Waals surface area contributed by atoms with Gasteiger partial charge in [0.2, 0.25) is 0 Å². The second-order valence-corrected chi connectivity index (χ2v) is 14.4. The van der Waals surface area contributed by atoms with Crippen LogP contribution in [0.5, 0.6) is 0 Å². The second-order valence-electron chi connectivity index (χ2n) is 11.8. The van der Waals surface area contributed by atoms with Gasteiger partial charge in [0.15, 0.2) is 11.6 Å². The largest absolute Gasteiger partial charge is 1.00 e. The minimum atomic E-state index is -4.85. The maximum absolute atomic E-state index is 14.2. The summed E-state index contributed by atoms with van der Waals surface area (Å²) < 4.78 is 74.3. The first-order valence-electron chi connectivity index (χ1n) is 15.7. The van der Waals surface area contributed by atoms with E-state index in [1.807, 2.05) is 13.8 Å². The van der Waals surface area contributed by atoms with Gasteiger partial charge in [0.1, 0.15) is 20.2 Å². The van der Waals surface area contributed by atoms with E-state index in [0.29, 0.717) is 46.5 Å². The number of fused-ring (bicyclic) bond motifs is 2. The molecule has 252 valence electrons. The SMILES string of the molecule is CCc1cc(C)c(S(=O)(=O)[O-])c(CC)c1Nc1ccc(Nc2c(CC)cc(C)c(S(=O)(=O)[O-])c2CC)c2c1C(=O)c1ccccc1C2=O.[Na+].[Na+]. The van der Waals surface area contributed by atoms with E-state index in [4.69, 9.17) is 0 Å². The second kappa shape index (κ2) is 16.1. The average molecular weight is 735 g/mol. The van der Waals surface area contributed by atoms with Crippen molar-refractivity contribution < 1.29 is 94.6 Å². The van der Waals surface area contributed by atoms with E-state index in [2.05, 4.69) is 10.6 Å². The maximum Gasteiger partial charge on any atom is 1.00 e. The Balaban J connectivity index is 0.00000338. The van der Waals surface area contributed by atoms with Gasteiger partial charge < -0.3 is 19.7 Å². The van der Waals surface area contributed by atoms with Gasteiger partial charge in [0.25, 0.3) is 0 Å². The Bertz CT molecular complexity index is 2100. The van der Waals surface area contributed by atoms with Gasteiger partial charge in [-0.25, -0.2) is 16.8 Å². The third-order valence-electron chi connectivity index (χ3n) is 8.86. The van der Waals surface area contributed by atoms with Gasteiger partial charge in [-0.05, 0) is 85.0 Å². The van der Waals surface area contributed by atoms with Gasteiger partial charge >= 0.3 is 59.1 Å². The third kappa shape index (κ3) is 7.57. The van der Waals surface area contributed by atoms with Crippen LogP contribution >= 0.6 is 0 Å². The van der Waals surface area contributed by atoms with E-state index in [0.717, 1.165) is 0 Å². The van der Waals surface area contributed by atoms with Crippen LogP contribution in [0.2, 0.25) is 0 Å². The summed E-state index contributed by atoms with van der Waals surface area (Å²) in [5.74, 6) is -0.909. The number of hydrogen-bond acceptors (Lipinski definition) is 10. The van der Waals surface area contributed by atoms with Crippen molar-refractivity contribution in [1.29, 1.82) is 0 Å². The van der Waals surface area contributed by atoms with E-state index in [9.17, 15) is 35.5 Å². The Morgan fingerprint density at radius 2 is 0.920 bits per heavy atom. The van der Waals surface area contributed by atoms with Crippen LogP contribution in [0.4, 0.5) is 22.7 Å². The van der Waals surface area contributed by atoms with Crippen LogP contribution in [0, 0.1) is 13.8 Å². The summed E-state index contributed by atoms with van der Waals surface area (Å²) >= 11 is 0. The zero-order chi connectivity index (χ0) is 35.3. The van der Waals surface area contributed by atoms with Crippen LogP contribution in [0.3, 0.4) is 0 Å². The number of carbonyl (C=O) groups excluding carboxylic acids is 2. The molecule has 4 aromatic rings. The molecular weight excluding hydrogens is 699 g/mol. The number of aryl methyl sites for hydroxylation is 4. The number of ketones is 2. The topological polar surface area (TPSA) is 173 Å². The van der Waals surface area contributed by atoms with E-state index >= 15 is 0 Å². The van der Waals surface area contributed by atoms with E-state index in [1.54, 1.807) is 76.2 Å². The molecular formula is C36H36N2Na2O8S2. The smallest absolute Gasteiger partial charge is 0.744 e. The summed E-state index contributed by atoms with van der Waals surface area (Å²) in [5, 5.41) is 6.48. The number of nitrogens with one attached hydrogen (secondary N) is 2. The summed E-state index contributed by atoms with van der Waals surface area (Å²) in [6, 6.07) is 12.9. The van der Waals surface area contributed by atoms with Gasteiger partial charge in [-0.2, -0.15) is 0 Å². The molecule has 10 nitrogen and oxygen atoms in total. The Kier molecular flexibility index (Phi) is 13.6. The first-order chi connectivity index (χ1) is 22.6. The minimum absolute atomic E-state index is 0. The molecule has 0 radical (unpaired) electrons. The van der Waals surface area contributed by atoms with Gasteiger partial charge in [-0.1, -0.05) is 64.1 Å². The third-order valence-corrected chi connectivity index (χ3v) is 11.0. The predicted molar refractivity (Wildman–Crippen MR) is 182 cm³/mol. The molecule has 0 saturated heterocycles. The van der Waals surface area contributed by atoms with Gasteiger partial charge in [-0.3, -0.25) is 9.59 Å². The average Bonchev–Trinajstić information content (AvgIpc) is 3.03. The first-order valence-corrected chi connectivity index (χ1v) is 18.5. The van der Waals surface area contributed by atoms with Crippen LogP contribution in [0.1, 0.15) is 92.9 Å². The van der Waals surface area contributed by atoms with Crippen molar-refractivity contribution in [2.45, 2.75) is 77.0 Å². The zero-order valence-electron chi connectivity index (χ0n) is 29.5. The number of carbonyl (C=O) groups is 2. The summed E-state index contributed by atoms with van der Waals surface area (Å²) in [7, 11) is -9.70. The Hall–Kier alpha value is -2.36. The van der Waals surface area contributed by atoms with Crippen molar-refractivity contribution in [3.05, 3.63) is 104 Å². The van der Waals surface area contributed by atoms with Crippen LogP contribution in [0.25, 0.3) is 0 Å². The molecule has 0 spiro atoms. The minimum Gasteiger partial charge on any atom is -0.744 e. The maximum atomic E-state index is 14.2. The Morgan fingerprint density at radius 1 is 0.580 bits per heavy atom. The standard InChI is InChI=1S/C36H38N2O8S2.2Na/c1-7-21-17-19(5)35(47(41,42)43)23(9-3)31(21)37-27-15-16-28(30-29(27)33(39)25-13-11-12-14-26(25)34(30)40)38-32-22(8-2)18-20(6)36(24(32)10-4)48(44,45)46;;/h11-18,37-38H,7-10H2,1-6H3,(H,41,42,43)(H,44,45,46);;/q;2*+1/p-2. The monoisotopic (exact) mass is 734 g/mol. The molecule has 0 heterocycles. The van der Waals surface area contributed by atoms with E-state index in [1.165, 1.54) is 0 Å². The molecule has 2 N–H and O–H groups in total. The predicted octanol–water partition coefficient (Wildman–Crippen LogP) is 0.632. The summed E-state index contributed by atoms with van der Waals surface area (Å²) in [5.41, 5.74) is 4.25. The number of anilines is 4. The van der Waals surface area contributed by atoms with Crippen molar-refractivity contribution in [2.24, 2.45) is 0 Å². The zero-order valence-corrected chi connectivity index (χ0v) is 35.2.